The van der Waals surface area contributed by atoms with Gasteiger partial charge < -0.3 is 4.74 Å². The minimum absolute atomic E-state index is 0.0575. The van der Waals surface area contributed by atoms with Crippen molar-refractivity contribution in [3.8, 4) is 5.75 Å². The zero-order chi connectivity index (χ0) is 14.5. The number of benzene rings is 1. The van der Waals surface area contributed by atoms with Gasteiger partial charge in [-0.25, -0.2) is 0 Å². The second kappa shape index (κ2) is 6.50. The lowest BCUT2D eigenvalue weighted by atomic mass is 9.86. The maximum atomic E-state index is 12.0. The van der Waals surface area contributed by atoms with Crippen molar-refractivity contribution in [1.29, 1.82) is 0 Å². The largest absolute Gasteiger partial charge is 0.486 e. The van der Waals surface area contributed by atoms with Gasteiger partial charge in [-0.2, -0.15) is 0 Å². The molecule has 1 aliphatic rings. The fourth-order valence-electron chi connectivity index (χ4n) is 2.62. The van der Waals surface area contributed by atoms with E-state index in [9.17, 15) is 14.9 Å². The summed E-state index contributed by atoms with van der Waals surface area (Å²) >= 11 is 0. The van der Waals surface area contributed by atoms with Crippen LogP contribution >= 0.6 is 0 Å². The van der Waals surface area contributed by atoms with E-state index in [1.807, 2.05) is 0 Å². The van der Waals surface area contributed by atoms with Gasteiger partial charge in [-0.3, -0.25) is 14.9 Å². The molecular weight excluding hydrogens is 258 g/mol. The van der Waals surface area contributed by atoms with Crippen LogP contribution in [-0.4, -0.2) is 17.3 Å². The molecule has 20 heavy (non-hydrogen) atoms. The fraction of sp³-hybridized carbons (Fsp3) is 0.533. The molecule has 0 radical (unpaired) electrons. The number of Topliss-reactive ketones (excluding diaryl/α,β-unsaturated/α-hetero) is 1. The third kappa shape index (κ3) is 3.56. The van der Waals surface area contributed by atoms with Crippen LogP contribution in [0.4, 0.5) is 5.69 Å². The normalized spacial score (nSPS) is 15.8. The summed E-state index contributed by atoms with van der Waals surface area (Å²) in [6.45, 7) is 1.72. The summed E-state index contributed by atoms with van der Waals surface area (Å²) in [5.41, 5.74) is 0.605. The van der Waals surface area contributed by atoms with Crippen LogP contribution in [0.2, 0.25) is 0 Å². The molecule has 0 atom stereocenters. The summed E-state index contributed by atoms with van der Waals surface area (Å²) in [4.78, 5) is 22.3. The number of nitro groups is 1. The van der Waals surface area contributed by atoms with Crippen molar-refractivity contribution in [3.63, 3.8) is 0 Å². The molecule has 0 aromatic heterocycles. The third-order valence-electron chi connectivity index (χ3n) is 3.81. The highest BCUT2D eigenvalue weighted by Crippen LogP contribution is 2.26. The van der Waals surface area contributed by atoms with Crippen LogP contribution in [0.3, 0.4) is 0 Å². The Bertz CT molecular complexity index is 507. The minimum Gasteiger partial charge on any atom is -0.486 e. The number of carbonyl (C=O) groups is 1. The second-order valence-corrected chi connectivity index (χ2v) is 5.30. The molecule has 0 unspecified atom stereocenters. The Hall–Kier alpha value is -1.91. The van der Waals surface area contributed by atoms with Gasteiger partial charge in [0.15, 0.2) is 5.78 Å². The molecule has 0 amide bonds. The number of hydrogen-bond donors (Lipinski definition) is 0. The van der Waals surface area contributed by atoms with E-state index in [0.717, 1.165) is 25.7 Å². The maximum Gasteiger partial charge on any atom is 0.272 e. The smallest absolute Gasteiger partial charge is 0.272 e. The maximum absolute atomic E-state index is 12.0. The number of carbonyl (C=O) groups excluding carboxylic acids is 1. The van der Waals surface area contributed by atoms with Gasteiger partial charge in [0, 0.05) is 17.5 Å². The van der Waals surface area contributed by atoms with Crippen LogP contribution in [0.5, 0.6) is 5.75 Å². The van der Waals surface area contributed by atoms with E-state index in [2.05, 4.69) is 0 Å². The van der Waals surface area contributed by atoms with Crippen LogP contribution in [0, 0.1) is 23.0 Å². The quantitative estimate of drug-likeness (QED) is 0.610. The van der Waals surface area contributed by atoms with Gasteiger partial charge in [0.05, 0.1) is 4.92 Å². The highest BCUT2D eigenvalue weighted by molar-refractivity contribution is 5.82. The molecule has 5 heteroatoms. The van der Waals surface area contributed by atoms with E-state index in [0.29, 0.717) is 11.3 Å². The van der Waals surface area contributed by atoms with Crippen LogP contribution < -0.4 is 4.74 Å². The minimum atomic E-state index is -0.424. The first-order valence-electron chi connectivity index (χ1n) is 6.98. The fourth-order valence-corrected chi connectivity index (χ4v) is 2.62. The van der Waals surface area contributed by atoms with Crippen LogP contribution in [-0.2, 0) is 4.79 Å². The molecule has 0 heterocycles. The van der Waals surface area contributed by atoms with Gasteiger partial charge in [-0.05, 0) is 31.9 Å². The molecule has 1 fully saturated rings. The lowest BCUT2D eigenvalue weighted by Crippen LogP contribution is -2.23. The van der Waals surface area contributed by atoms with Crippen molar-refractivity contribution in [2.45, 2.75) is 39.0 Å². The molecule has 0 saturated heterocycles. The number of ether oxygens (including phenoxy) is 1. The van der Waals surface area contributed by atoms with E-state index >= 15 is 0 Å². The highest BCUT2D eigenvalue weighted by atomic mass is 16.6. The van der Waals surface area contributed by atoms with Gasteiger partial charge >= 0.3 is 0 Å². The Balaban J connectivity index is 1.92. The summed E-state index contributed by atoms with van der Waals surface area (Å²) in [5, 5.41) is 10.7. The summed E-state index contributed by atoms with van der Waals surface area (Å²) in [7, 11) is 0. The third-order valence-corrected chi connectivity index (χ3v) is 3.81. The van der Waals surface area contributed by atoms with E-state index in [4.69, 9.17) is 4.74 Å². The molecule has 1 aliphatic carbocycles. The standard InChI is InChI=1S/C15H19NO4/c1-11-9-13(7-8-14(11)16(18)19)20-10-15(17)12-5-3-2-4-6-12/h7-9,12H,2-6,10H2,1H3. The van der Waals surface area contributed by atoms with Crippen LogP contribution in [0.1, 0.15) is 37.7 Å². The summed E-state index contributed by atoms with van der Waals surface area (Å²) < 4.78 is 5.46. The first-order valence-corrected chi connectivity index (χ1v) is 6.98. The zero-order valence-corrected chi connectivity index (χ0v) is 11.6. The first-order chi connectivity index (χ1) is 9.58. The molecule has 2 rings (SSSR count). The van der Waals surface area contributed by atoms with Gasteiger partial charge in [-0.15, -0.1) is 0 Å². The molecule has 1 aromatic carbocycles. The SMILES string of the molecule is Cc1cc(OCC(=O)C2CCCCC2)ccc1[N+](=O)[O-]. The molecule has 0 N–H and O–H groups in total. The second-order valence-electron chi connectivity index (χ2n) is 5.30. The summed E-state index contributed by atoms with van der Waals surface area (Å²) in [5.74, 6) is 0.779. The predicted octanol–water partition coefficient (Wildman–Crippen LogP) is 3.43. The summed E-state index contributed by atoms with van der Waals surface area (Å²) in [6.07, 6.45) is 5.37. The number of nitro benzene ring substituents is 1. The monoisotopic (exact) mass is 277 g/mol. The lowest BCUT2D eigenvalue weighted by Gasteiger charge is -2.20. The lowest BCUT2D eigenvalue weighted by molar-refractivity contribution is -0.385. The van der Waals surface area contributed by atoms with Crippen molar-refractivity contribution in [2.24, 2.45) is 5.92 Å². The van der Waals surface area contributed by atoms with Crippen molar-refractivity contribution in [3.05, 3.63) is 33.9 Å². The molecule has 1 saturated carbocycles. The van der Waals surface area contributed by atoms with Crippen molar-refractivity contribution >= 4 is 11.5 Å². The van der Waals surface area contributed by atoms with Gasteiger partial charge in [-0.1, -0.05) is 19.3 Å². The van der Waals surface area contributed by atoms with E-state index < -0.39 is 4.92 Å². The van der Waals surface area contributed by atoms with E-state index in [1.54, 1.807) is 19.1 Å². The average molecular weight is 277 g/mol. The molecule has 0 aliphatic heterocycles. The molecular formula is C15H19NO4. The van der Waals surface area contributed by atoms with E-state index in [1.165, 1.54) is 12.5 Å². The molecule has 108 valence electrons. The number of hydrogen-bond acceptors (Lipinski definition) is 4. The van der Waals surface area contributed by atoms with Crippen molar-refractivity contribution in [1.82, 2.24) is 0 Å². The van der Waals surface area contributed by atoms with Gasteiger partial charge in [0.1, 0.15) is 12.4 Å². The van der Waals surface area contributed by atoms with E-state index in [-0.39, 0.29) is 24.0 Å². The number of nitrogens with zero attached hydrogens (tertiary/aromatic N) is 1. The number of rotatable bonds is 5. The Morgan fingerprint density at radius 1 is 1.35 bits per heavy atom. The van der Waals surface area contributed by atoms with Crippen LogP contribution in [0.15, 0.2) is 18.2 Å². The molecule has 5 nitrogen and oxygen atoms in total. The van der Waals surface area contributed by atoms with Crippen LogP contribution in [0.25, 0.3) is 0 Å². The Morgan fingerprint density at radius 2 is 2.05 bits per heavy atom. The van der Waals surface area contributed by atoms with Gasteiger partial charge in [0.2, 0.25) is 0 Å². The number of aryl methyl sites for hydroxylation is 1. The Kier molecular flexibility index (Phi) is 4.71. The predicted molar refractivity (Wildman–Crippen MR) is 74.9 cm³/mol. The topological polar surface area (TPSA) is 69.4 Å². The Morgan fingerprint density at radius 3 is 2.65 bits per heavy atom. The average Bonchev–Trinajstić information content (AvgIpc) is 2.45. The highest BCUT2D eigenvalue weighted by Gasteiger charge is 2.21. The first kappa shape index (κ1) is 14.5. The van der Waals surface area contributed by atoms with Gasteiger partial charge in [0.25, 0.3) is 5.69 Å². The van der Waals surface area contributed by atoms with Crippen molar-refractivity contribution in [2.75, 3.05) is 6.61 Å². The molecule has 1 aromatic rings. The molecule has 0 spiro atoms. The Labute approximate surface area is 118 Å². The summed E-state index contributed by atoms with van der Waals surface area (Å²) in [6, 6.07) is 4.56. The zero-order valence-electron chi connectivity index (χ0n) is 11.6. The molecule has 0 bridgehead atoms. The number of ketones is 1. The van der Waals surface area contributed by atoms with Crippen molar-refractivity contribution < 1.29 is 14.5 Å².